The van der Waals surface area contributed by atoms with Crippen molar-refractivity contribution in [3.05, 3.63) is 40.4 Å². The van der Waals surface area contributed by atoms with Gasteiger partial charge >= 0.3 is 6.18 Å². The minimum Gasteiger partial charge on any atom is -0.338 e. The van der Waals surface area contributed by atoms with Crippen molar-refractivity contribution in [2.24, 2.45) is 28.6 Å². The Bertz CT molecular complexity index is 1100. The van der Waals surface area contributed by atoms with E-state index in [0.29, 0.717) is 23.2 Å². The Labute approximate surface area is 209 Å². The van der Waals surface area contributed by atoms with Crippen molar-refractivity contribution in [1.82, 2.24) is 4.90 Å². The van der Waals surface area contributed by atoms with Crippen LogP contribution in [0.1, 0.15) is 64.4 Å². The maximum absolute atomic E-state index is 13.3. The summed E-state index contributed by atoms with van der Waals surface area (Å²) in [6.07, 6.45) is 5.26. The molecule has 0 aromatic heterocycles. The second-order valence-corrected chi connectivity index (χ2v) is 11.9. The lowest BCUT2D eigenvalue weighted by Crippen LogP contribution is -2.60. The molecule has 1 unspecified atom stereocenters. The topological polar surface area (TPSA) is 49.4 Å². The van der Waals surface area contributed by atoms with E-state index in [2.05, 4.69) is 19.2 Å². The van der Waals surface area contributed by atoms with E-state index in [9.17, 15) is 22.8 Å². The van der Waals surface area contributed by atoms with E-state index in [1.54, 1.807) is 11.9 Å². The molecule has 5 rings (SSSR count). The fourth-order valence-electron chi connectivity index (χ4n) is 8.06. The maximum atomic E-state index is 13.3. The summed E-state index contributed by atoms with van der Waals surface area (Å²) in [6, 6.07) is 3.25. The molecule has 3 saturated carbocycles. The first-order valence-electron chi connectivity index (χ1n) is 12.5. The molecular weight excluding hydrogens is 477 g/mol. The second-order valence-electron chi connectivity index (χ2n) is 11.5. The van der Waals surface area contributed by atoms with Gasteiger partial charge in [0.05, 0.1) is 10.6 Å². The molecule has 1 N–H and O–H groups in total. The lowest BCUT2D eigenvalue weighted by atomic mass is 9.48. The Morgan fingerprint density at radius 3 is 2.57 bits per heavy atom. The molecule has 2 amide bonds. The van der Waals surface area contributed by atoms with Crippen LogP contribution in [0.25, 0.3) is 0 Å². The molecule has 4 nitrogen and oxygen atoms in total. The third-order valence-corrected chi connectivity index (χ3v) is 10.1. The van der Waals surface area contributed by atoms with E-state index < -0.39 is 22.7 Å². The number of halogens is 4. The molecule has 4 aliphatic rings. The predicted octanol–water partition coefficient (Wildman–Crippen LogP) is 6.70. The zero-order chi connectivity index (χ0) is 25.3. The van der Waals surface area contributed by atoms with Crippen molar-refractivity contribution >= 4 is 29.1 Å². The number of hydrogen-bond acceptors (Lipinski definition) is 2. The Kier molecular flexibility index (Phi) is 5.82. The van der Waals surface area contributed by atoms with Crippen LogP contribution in [0.3, 0.4) is 0 Å². The van der Waals surface area contributed by atoms with E-state index in [-0.39, 0.29) is 28.6 Å². The number of rotatable bonds is 2. The largest absolute Gasteiger partial charge is 0.417 e. The Hall–Kier alpha value is -2.02. The minimum atomic E-state index is -4.65. The molecule has 0 saturated heterocycles. The van der Waals surface area contributed by atoms with Crippen molar-refractivity contribution in [2.45, 2.75) is 71.0 Å². The highest BCUT2D eigenvalue weighted by molar-refractivity contribution is 6.31. The van der Waals surface area contributed by atoms with Crippen LogP contribution < -0.4 is 5.32 Å². The van der Waals surface area contributed by atoms with Gasteiger partial charge in [-0.1, -0.05) is 37.9 Å². The molecule has 1 aromatic carbocycles. The molecule has 1 aliphatic heterocycles. The zero-order valence-corrected chi connectivity index (χ0v) is 21.1. The summed E-state index contributed by atoms with van der Waals surface area (Å²) in [5, 5.41) is 2.08. The first kappa shape index (κ1) is 24.7. The van der Waals surface area contributed by atoms with Gasteiger partial charge < -0.3 is 10.2 Å². The minimum absolute atomic E-state index is 0.00941. The summed E-state index contributed by atoms with van der Waals surface area (Å²) in [6.45, 7) is 4.61. The fraction of sp³-hybridized carbons (Fsp3) is 0.630. The summed E-state index contributed by atoms with van der Waals surface area (Å²) < 4.78 is 39.8. The quantitative estimate of drug-likeness (QED) is 0.452. The number of alkyl halides is 3. The van der Waals surface area contributed by atoms with Gasteiger partial charge in [0.1, 0.15) is 5.57 Å². The molecule has 0 spiro atoms. The molecule has 6 atom stereocenters. The third-order valence-electron chi connectivity index (χ3n) is 9.76. The number of fused-ring (bicyclic) bond motifs is 5. The molecule has 190 valence electrons. The van der Waals surface area contributed by atoms with Crippen molar-refractivity contribution in [3.8, 4) is 0 Å². The Morgan fingerprint density at radius 2 is 1.86 bits per heavy atom. The number of carbonyl (C=O) groups excluding carboxylic acids is 2. The lowest BCUT2D eigenvalue weighted by molar-refractivity contribution is -0.141. The zero-order valence-electron chi connectivity index (χ0n) is 20.3. The summed E-state index contributed by atoms with van der Waals surface area (Å²) in [5.74, 6) is 0.575. The molecule has 3 aliphatic carbocycles. The molecule has 3 fully saturated rings. The average Bonchev–Trinajstić information content (AvgIpc) is 3.18. The van der Waals surface area contributed by atoms with Crippen molar-refractivity contribution in [3.63, 3.8) is 0 Å². The fourth-order valence-corrected chi connectivity index (χ4v) is 8.29. The van der Waals surface area contributed by atoms with E-state index in [4.69, 9.17) is 11.6 Å². The van der Waals surface area contributed by atoms with Crippen molar-refractivity contribution < 1.29 is 22.8 Å². The molecule has 0 radical (unpaired) electrons. The monoisotopic (exact) mass is 508 g/mol. The number of amides is 2. The van der Waals surface area contributed by atoms with Gasteiger partial charge in [-0.3, -0.25) is 9.59 Å². The summed E-state index contributed by atoms with van der Waals surface area (Å²) >= 11 is 5.71. The molecule has 1 heterocycles. The summed E-state index contributed by atoms with van der Waals surface area (Å²) in [5.41, 5.74) is -1.01. The number of nitrogens with zero attached hydrogens (tertiary/aromatic N) is 1. The second kappa shape index (κ2) is 8.25. The SMILES string of the molecule is CN1C(=O)C(C(=O)Nc2ccc(Cl)c(C(F)(F)F)c2)=C[C@@]2(C)C1CC[C@@H]1[C@H]2CC[C@]2(C)CCC[C@@H]12. The molecular formula is C27H32ClF3N2O2. The number of likely N-dealkylation sites (N-methyl/N-ethyl adjacent to an activating group) is 1. The van der Waals surface area contributed by atoms with Crippen LogP contribution in [0.15, 0.2) is 29.8 Å². The van der Waals surface area contributed by atoms with Gasteiger partial charge in [-0.05, 0) is 79.9 Å². The number of benzene rings is 1. The first-order valence-corrected chi connectivity index (χ1v) is 12.9. The maximum Gasteiger partial charge on any atom is 0.417 e. The lowest BCUT2D eigenvalue weighted by Gasteiger charge is -2.60. The van der Waals surface area contributed by atoms with Crippen LogP contribution in [0.4, 0.5) is 18.9 Å². The standard InChI is InChI=1S/C27H32ClF3N2O2/c1-25-11-4-5-18(25)16-7-9-22-26(2,19(16)10-12-25)14-17(24(35)33(22)3)23(34)32-15-6-8-21(28)20(13-15)27(29,30)31/h6,8,13-14,16,18-19,22H,4-5,7,9-12H2,1-3H3,(H,32,34)/t16-,18-,19+,22?,25-,26+/m0/s1. The number of carbonyl (C=O) groups is 2. The van der Waals surface area contributed by atoms with E-state index in [1.807, 2.05) is 6.08 Å². The molecule has 1 aromatic rings. The van der Waals surface area contributed by atoms with Crippen molar-refractivity contribution in [1.29, 1.82) is 0 Å². The third kappa shape index (κ3) is 3.89. The highest BCUT2D eigenvalue weighted by Gasteiger charge is 2.59. The number of hydrogen-bond donors (Lipinski definition) is 1. The van der Waals surface area contributed by atoms with Gasteiger partial charge in [-0.25, -0.2) is 0 Å². The highest BCUT2D eigenvalue weighted by Crippen LogP contribution is 2.64. The van der Waals surface area contributed by atoms with Crippen LogP contribution in [0.2, 0.25) is 5.02 Å². The molecule has 0 bridgehead atoms. The normalized spacial score (nSPS) is 36.7. The Morgan fingerprint density at radius 1 is 1.11 bits per heavy atom. The van der Waals surface area contributed by atoms with Crippen LogP contribution in [0, 0.1) is 28.6 Å². The van der Waals surface area contributed by atoms with Crippen LogP contribution in [0.5, 0.6) is 0 Å². The van der Waals surface area contributed by atoms with Gasteiger partial charge in [0, 0.05) is 24.2 Å². The smallest absolute Gasteiger partial charge is 0.338 e. The van der Waals surface area contributed by atoms with Gasteiger partial charge in [-0.2, -0.15) is 13.2 Å². The number of anilines is 1. The predicted molar refractivity (Wildman–Crippen MR) is 129 cm³/mol. The molecule has 35 heavy (non-hydrogen) atoms. The van der Waals surface area contributed by atoms with Crippen LogP contribution in [-0.4, -0.2) is 29.8 Å². The average molecular weight is 509 g/mol. The van der Waals surface area contributed by atoms with Gasteiger partial charge in [0.25, 0.3) is 11.8 Å². The van der Waals surface area contributed by atoms with Gasteiger partial charge in [0.2, 0.25) is 0 Å². The van der Waals surface area contributed by atoms with Crippen LogP contribution >= 0.6 is 11.6 Å². The number of nitrogens with one attached hydrogen (secondary N) is 1. The van der Waals surface area contributed by atoms with Crippen LogP contribution in [-0.2, 0) is 15.8 Å². The van der Waals surface area contributed by atoms with Crippen molar-refractivity contribution in [2.75, 3.05) is 12.4 Å². The summed E-state index contributed by atoms with van der Waals surface area (Å²) in [4.78, 5) is 28.2. The first-order chi connectivity index (χ1) is 16.3. The molecule has 8 heteroatoms. The summed E-state index contributed by atoms with van der Waals surface area (Å²) in [7, 11) is 1.75. The van der Waals surface area contributed by atoms with Gasteiger partial charge in [-0.15, -0.1) is 0 Å². The van der Waals surface area contributed by atoms with E-state index in [0.717, 1.165) is 31.4 Å². The van der Waals surface area contributed by atoms with Gasteiger partial charge in [0.15, 0.2) is 0 Å². The van der Waals surface area contributed by atoms with E-state index >= 15 is 0 Å². The highest BCUT2D eigenvalue weighted by atomic mass is 35.5. The Balaban J connectivity index is 1.46. The van der Waals surface area contributed by atoms with E-state index in [1.165, 1.54) is 31.7 Å².